The van der Waals surface area contributed by atoms with Crippen molar-refractivity contribution in [3.8, 4) is 5.75 Å². The molecule has 0 atom stereocenters. The molecule has 0 saturated heterocycles. The summed E-state index contributed by atoms with van der Waals surface area (Å²) in [7, 11) is 0. The Morgan fingerprint density at radius 2 is 1.55 bits per heavy atom. The molecule has 0 aromatic heterocycles. The third kappa shape index (κ3) is 7.86. The molecule has 0 unspecified atom stereocenters. The molecule has 3 rings (SSSR count). The van der Waals surface area contributed by atoms with Crippen LogP contribution in [0.1, 0.15) is 24.0 Å². The highest BCUT2D eigenvalue weighted by molar-refractivity contribution is 14.1. The summed E-state index contributed by atoms with van der Waals surface area (Å²) in [6.45, 7) is 0.501. The largest absolute Gasteiger partial charge is 0.489 e. The molecule has 3 aromatic rings. The van der Waals surface area contributed by atoms with E-state index in [0.29, 0.717) is 6.61 Å². The number of hydrazone groups is 1. The predicted octanol–water partition coefficient (Wildman–Crippen LogP) is 4.74. The number of hydrogen-bond acceptors (Lipinski definition) is 4. The minimum Gasteiger partial charge on any atom is -0.489 e. The number of ether oxygens (including phenoxy) is 1. The molecule has 2 amide bonds. The fourth-order valence-corrected chi connectivity index (χ4v) is 3.15. The lowest BCUT2D eigenvalue weighted by molar-refractivity contribution is -0.124. The van der Waals surface area contributed by atoms with Gasteiger partial charge in [-0.1, -0.05) is 42.5 Å². The fourth-order valence-electron chi connectivity index (χ4n) is 2.63. The Morgan fingerprint density at radius 3 is 2.29 bits per heavy atom. The quantitative estimate of drug-likeness (QED) is 0.240. The average molecular weight is 527 g/mol. The van der Waals surface area contributed by atoms with Crippen LogP contribution in [0.4, 0.5) is 5.69 Å². The second-order valence-electron chi connectivity index (χ2n) is 6.66. The second-order valence-corrected chi connectivity index (χ2v) is 7.83. The summed E-state index contributed by atoms with van der Waals surface area (Å²) >= 11 is 2.15. The number of rotatable bonds is 9. The van der Waals surface area contributed by atoms with Crippen LogP contribution in [-0.2, 0) is 16.2 Å². The van der Waals surface area contributed by atoms with Gasteiger partial charge in [0.1, 0.15) is 12.4 Å². The van der Waals surface area contributed by atoms with E-state index < -0.39 is 0 Å². The highest BCUT2D eigenvalue weighted by Crippen LogP contribution is 2.17. The van der Waals surface area contributed by atoms with Crippen molar-refractivity contribution in [1.29, 1.82) is 0 Å². The smallest absolute Gasteiger partial charge is 0.240 e. The second kappa shape index (κ2) is 11.8. The molecule has 0 bridgehead atoms. The zero-order chi connectivity index (χ0) is 21.9. The molecule has 0 heterocycles. The first-order chi connectivity index (χ1) is 15.1. The molecule has 0 spiro atoms. The average Bonchev–Trinajstić information content (AvgIpc) is 2.79. The number of carbonyl (C=O) groups excluding carboxylic acids is 2. The molecule has 0 aliphatic rings. The molecular formula is C24H22IN3O3. The van der Waals surface area contributed by atoms with Gasteiger partial charge in [0.25, 0.3) is 0 Å². The van der Waals surface area contributed by atoms with Gasteiger partial charge >= 0.3 is 0 Å². The third-order valence-electron chi connectivity index (χ3n) is 4.26. The molecular weight excluding hydrogens is 505 g/mol. The van der Waals surface area contributed by atoms with E-state index >= 15 is 0 Å². The van der Waals surface area contributed by atoms with E-state index in [1.165, 1.54) is 0 Å². The molecule has 2 N–H and O–H groups in total. The minimum atomic E-state index is -0.322. The number of para-hydroxylation sites is 1. The molecule has 158 valence electrons. The predicted molar refractivity (Wildman–Crippen MR) is 130 cm³/mol. The molecule has 0 aliphatic heterocycles. The number of nitrogens with one attached hydrogen (secondary N) is 2. The lowest BCUT2D eigenvalue weighted by atomic mass is 10.2. The van der Waals surface area contributed by atoms with Crippen LogP contribution >= 0.6 is 22.6 Å². The van der Waals surface area contributed by atoms with Crippen LogP contribution < -0.4 is 15.5 Å². The Balaban J connectivity index is 1.38. The maximum atomic E-state index is 12.0. The van der Waals surface area contributed by atoms with Gasteiger partial charge in [-0.05, 0) is 70.1 Å². The lowest BCUT2D eigenvalue weighted by Gasteiger charge is -2.07. The monoisotopic (exact) mass is 527 g/mol. The van der Waals surface area contributed by atoms with E-state index in [4.69, 9.17) is 4.74 Å². The summed E-state index contributed by atoms with van der Waals surface area (Å²) in [5.74, 6) is 0.218. The van der Waals surface area contributed by atoms with E-state index in [0.717, 1.165) is 26.1 Å². The van der Waals surface area contributed by atoms with E-state index in [1.54, 1.807) is 6.21 Å². The Labute approximate surface area is 194 Å². The number of nitrogens with zero attached hydrogens (tertiary/aromatic N) is 1. The standard InChI is InChI=1S/C24H22IN3O3/c25-21-8-4-5-9-22(21)27-23(29)14-15-24(30)28-26-16-18-10-12-20(13-11-18)31-17-19-6-2-1-3-7-19/h1-13,16H,14-15,17H2,(H,27,29)(H,28,30)/b26-16+. The van der Waals surface area contributed by atoms with Crippen molar-refractivity contribution in [3.63, 3.8) is 0 Å². The normalized spacial score (nSPS) is 10.6. The van der Waals surface area contributed by atoms with Gasteiger partial charge in [0, 0.05) is 16.4 Å². The van der Waals surface area contributed by atoms with Crippen molar-refractivity contribution < 1.29 is 14.3 Å². The molecule has 6 nitrogen and oxygen atoms in total. The van der Waals surface area contributed by atoms with Crippen molar-refractivity contribution in [1.82, 2.24) is 5.43 Å². The summed E-state index contributed by atoms with van der Waals surface area (Å²) in [4.78, 5) is 23.9. The maximum Gasteiger partial charge on any atom is 0.240 e. The van der Waals surface area contributed by atoms with Crippen molar-refractivity contribution in [2.24, 2.45) is 5.10 Å². The number of carbonyl (C=O) groups is 2. The summed E-state index contributed by atoms with van der Waals surface area (Å²) in [5.41, 5.74) is 5.10. The highest BCUT2D eigenvalue weighted by atomic mass is 127. The van der Waals surface area contributed by atoms with Gasteiger partial charge < -0.3 is 10.1 Å². The van der Waals surface area contributed by atoms with Crippen LogP contribution in [0.15, 0.2) is 84.0 Å². The van der Waals surface area contributed by atoms with Crippen molar-refractivity contribution >= 4 is 46.3 Å². The first-order valence-corrected chi connectivity index (χ1v) is 10.8. The van der Waals surface area contributed by atoms with Gasteiger partial charge in [-0.2, -0.15) is 5.10 Å². The third-order valence-corrected chi connectivity index (χ3v) is 5.20. The van der Waals surface area contributed by atoms with E-state index in [9.17, 15) is 9.59 Å². The molecule has 7 heteroatoms. The Morgan fingerprint density at radius 1 is 0.871 bits per heavy atom. The number of amides is 2. The zero-order valence-electron chi connectivity index (χ0n) is 16.8. The van der Waals surface area contributed by atoms with Gasteiger partial charge in [-0.25, -0.2) is 5.43 Å². The number of benzene rings is 3. The summed E-state index contributed by atoms with van der Waals surface area (Å²) < 4.78 is 6.68. The van der Waals surface area contributed by atoms with Gasteiger partial charge in [0.15, 0.2) is 0 Å². The first kappa shape index (κ1) is 22.5. The maximum absolute atomic E-state index is 12.0. The molecule has 31 heavy (non-hydrogen) atoms. The van der Waals surface area contributed by atoms with Gasteiger partial charge in [-0.3, -0.25) is 9.59 Å². The number of anilines is 1. The van der Waals surface area contributed by atoms with E-state index in [1.807, 2.05) is 78.9 Å². The van der Waals surface area contributed by atoms with Crippen LogP contribution in [0.3, 0.4) is 0 Å². The summed E-state index contributed by atoms with van der Waals surface area (Å²) in [5, 5.41) is 6.74. The SMILES string of the molecule is O=C(CCC(=O)Nc1ccccc1I)N/N=C/c1ccc(OCc2ccccc2)cc1. The topological polar surface area (TPSA) is 79.8 Å². The van der Waals surface area contributed by atoms with Crippen molar-refractivity contribution in [2.75, 3.05) is 5.32 Å². The molecule has 0 radical (unpaired) electrons. The van der Waals surface area contributed by atoms with Crippen molar-refractivity contribution in [2.45, 2.75) is 19.4 Å². The van der Waals surface area contributed by atoms with Crippen LogP contribution in [0.5, 0.6) is 5.75 Å². The molecule has 0 saturated carbocycles. The molecule has 0 aliphatic carbocycles. The van der Waals surface area contributed by atoms with Crippen molar-refractivity contribution in [3.05, 3.63) is 93.6 Å². The Bertz CT molecular complexity index is 1040. The van der Waals surface area contributed by atoms with Crippen LogP contribution in [0.2, 0.25) is 0 Å². The summed E-state index contributed by atoms with van der Waals surface area (Å²) in [6, 6.07) is 24.8. The molecule has 0 fully saturated rings. The fraction of sp³-hybridized carbons (Fsp3) is 0.125. The first-order valence-electron chi connectivity index (χ1n) is 9.73. The van der Waals surface area contributed by atoms with E-state index in [-0.39, 0.29) is 24.7 Å². The zero-order valence-corrected chi connectivity index (χ0v) is 18.9. The van der Waals surface area contributed by atoms with Gasteiger partial charge in [0.2, 0.25) is 11.8 Å². The number of hydrogen-bond donors (Lipinski definition) is 2. The van der Waals surface area contributed by atoms with Gasteiger partial charge in [0.05, 0.1) is 11.9 Å². The van der Waals surface area contributed by atoms with Crippen LogP contribution in [0, 0.1) is 3.57 Å². The highest BCUT2D eigenvalue weighted by Gasteiger charge is 2.08. The van der Waals surface area contributed by atoms with Crippen LogP contribution in [0.25, 0.3) is 0 Å². The van der Waals surface area contributed by atoms with Gasteiger partial charge in [-0.15, -0.1) is 0 Å². The minimum absolute atomic E-state index is 0.0544. The Kier molecular flexibility index (Phi) is 8.59. The van der Waals surface area contributed by atoms with Crippen LogP contribution in [-0.4, -0.2) is 18.0 Å². The van der Waals surface area contributed by atoms with E-state index in [2.05, 4.69) is 38.4 Å². The lowest BCUT2D eigenvalue weighted by Crippen LogP contribution is -2.20. The number of halogens is 1. The molecule has 3 aromatic carbocycles. The Hall–Kier alpha value is -3.20. The summed E-state index contributed by atoms with van der Waals surface area (Å²) in [6.07, 6.45) is 1.68.